The van der Waals surface area contributed by atoms with Gasteiger partial charge < -0.3 is 37.4 Å². The van der Waals surface area contributed by atoms with Gasteiger partial charge in [-0.1, -0.05) is 61.9 Å². The third-order valence-corrected chi connectivity index (χ3v) is 7.42. The van der Waals surface area contributed by atoms with Crippen molar-refractivity contribution in [3.05, 3.63) is 71.3 Å². The molecular formula is C33H42N6O7. The standard InChI is InChI=1S/C33H42N6O7/c1-18(2)15-26(38-30(43)20(4)35-33(46)36-23-13-9-19(3)10-14-23)31(44)39-27(32(45)37-25(29(34)42)17-28(40)41)16-22-12-11-21-7-5-6-8-24(21)22/h5-10,12-14,18,20,25-27H,11,15-17H2,1-4H3,(H2,34,42)(H,37,45)(H,38,43)(H,39,44)(H,40,41)(H2,35,36,46). The van der Waals surface area contributed by atoms with E-state index in [4.69, 9.17) is 5.73 Å². The molecule has 4 unspecified atom stereocenters. The number of hydrogen-bond acceptors (Lipinski definition) is 6. The Morgan fingerprint density at radius 1 is 0.804 bits per heavy atom. The molecule has 0 radical (unpaired) electrons. The van der Waals surface area contributed by atoms with Gasteiger partial charge in [0.1, 0.15) is 24.2 Å². The van der Waals surface area contributed by atoms with Gasteiger partial charge in [-0.25, -0.2) is 4.79 Å². The predicted octanol–water partition coefficient (Wildman–Crippen LogP) is 2.00. The number of urea groups is 1. The summed E-state index contributed by atoms with van der Waals surface area (Å²) in [5, 5.41) is 22.1. The van der Waals surface area contributed by atoms with Gasteiger partial charge in [0.05, 0.1) is 6.42 Å². The first-order valence-corrected chi connectivity index (χ1v) is 15.1. The Hall–Kier alpha value is -5.20. The minimum atomic E-state index is -1.50. The van der Waals surface area contributed by atoms with Gasteiger partial charge in [-0.05, 0) is 61.4 Å². The smallest absolute Gasteiger partial charge is 0.319 e. The highest BCUT2D eigenvalue weighted by atomic mass is 16.4. The van der Waals surface area contributed by atoms with Gasteiger partial charge in [0.2, 0.25) is 23.6 Å². The molecular weight excluding hydrogens is 592 g/mol. The molecule has 4 atom stereocenters. The number of benzene rings is 2. The molecule has 8 N–H and O–H groups in total. The number of amides is 6. The van der Waals surface area contributed by atoms with Gasteiger partial charge in [-0.15, -0.1) is 0 Å². The van der Waals surface area contributed by atoms with Gasteiger partial charge >= 0.3 is 12.0 Å². The van der Waals surface area contributed by atoms with Crippen LogP contribution in [0.1, 0.15) is 56.7 Å². The molecule has 0 aromatic heterocycles. The van der Waals surface area contributed by atoms with Crippen LogP contribution in [0.3, 0.4) is 0 Å². The number of rotatable bonds is 15. The minimum Gasteiger partial charge on any atom is -0.481 e. The van der Waals surface area contributed by atoms with E-state index in [9.17, 15) is 33.9 Å². The summed E-state index contributed by atoms with van der Waals surface area (Å²) in [6.45, 7) is 7.10. The first-order valence-electron chi connectivity index (χ1n) is 15.1. The first-order chi connectivity index (χ1) is 21.7. The van der Waals surface area contributed by atoms with E-state index in [0.717, 1.165) is 22.3 Å². The van der Waals surface area contributed by atoms with Gasteiger partial charge in [0.15, 0.2) is 0 Å². The Morgan fingerprint density at radius 3 is 2.04 bits per heavy atom. The van der Waals surface area contributed by atoms with Crippen molar-refractivity contribution in [2.45, 2.75) is 77.5 Å². The van der Waals surface area contributed by atoms with Crippen molar-refractivity contribution in [1.82, 2.24) is 21.3 Å². The van der Waals surface area contributed by atoms with Crippen LogP contribution in [0.5, 0.6) is 0 Å². The van der Waals surface area contributed by atoms with Crippen LogP contribution in [0.4, 0.5) is 10.5 Å². The summed E-state index contributed by atoms with van der Waals surface area (Å²) in [6, 6.07) is 9.27. The van der Waals surface area contributed by atoms with Gasteiger partial charge in [0, 0.05) is 12.1 Å². The number of nitrogens with one attached hydrogen (secondary N) is 5. The Labute approximate surface area is 267 Å². The number of allylic oxidation sites excluding steroid dienone is 1. The Morgan fingerprint density at radius 2 is 1.41 bits per heavy atom. The lowest BCUT2D eigenvalue weighted by atomic mass is 9.97. The maximum atomic E-state index is 13.6. The Kier molecular flexibility index (Phi) is 12.4. The second-order valence-electron chi connectivity index (χ2n) is 11.8. The van der Waals surface area contributed by atoms with Crippen LogP contribution in [0.2, 0.25) is 0 Å². The molecule has 0 saturated heterocycles. The number of carboxylic acid groups (broad SMARTS) is 1. The highest BCUT2D eigenvalue weighted by Crippen LogP contribution is 2.30. The van der Waals surface area contributed by atoms with Crippen molar-refractivity contribution in [3.8, 4) is 0 Å². The average Bonchev–Trinajstić information content (AvgIpc) is 3.39. The molecule has 0 heterocycles. The molecule has 0 aliphatic heterocycles. The highest BCUT2D eigenvalue weighted by Gasteiger charge is 2.32. The fourth-order valence-electron chi connectivity index (χ4n) is 4.99. The van der Waals surface area contributed by atoms with E-state index in [-0.39, 0.29) is 18.8 Å². The van der Waals surface area contributed by atoms with E-state index >= 15 is 0 Å². The number of fused-ring (bicyclic) bond motifs is 1. The zero-order valence-electron chi connectivity index (χ0n) is 26.4. The summed E-state index contributed by atoms with van der Waals surface area (Å²) >= 11 is 0. The van der Waals surface area contributed by atoms with Crippen molar-refractivity contribution < 1.29 is 33.9 Å². The molecule has 0 spiro atoms. The van der Waals surface area contributed by atoms with Crippen molar-refractivity contribution in [2.24, 2.45) is 11.7 Å². The topological polar surface area (TPSA) is 209 Å². The highest BCUT2D eigenvalue weighted by molar-refractivity contribution is 5.97. The van der Waals surface area contributed by atoms with Crippen LogP contribution < -0.4 is 32.3 Å². The number of anilines is 1. The van der Waals surface area contributed by atoms with Crippen LogP contribution in [-0.2, 0) is 30.4 Å². The molecule has 1 aliphatic carbocycles. The molecule has 46 heavy (non-hydrogen) atoms. The quantitative estimate of drug-likeness (QED) is 0.155. The molecule has 13 heteroatoms. The normalized spacial score (nSPS) is 14.5. The summed E-state index contributed by atoms with van der Waals surface area (Å²) in [5.41, 5.74) is 9.63. The fourth-order valence-corrected chi connectivity index (χ4v) is 4.99. The Bertz CT molecular complexity index is 1490. The number of hydrogen-bond donors (Lipinski definition) is 7. The van der Waals surface area contributed by atoms with E-state index in [1.54, 1.807) is 12.1 Å². The summed E-state index contributed by atoms with van der Waals surface area (Å²) < 4.78 is 0. The molecule has 3 rings (SSSR count). The molecule has 0 saturated carbocycles. The van der Waals surface area contributed by atoms with Crippen LogP contribution in [0.25, 0.3) is 5.57 Å². The number of aryl methyl sites for hydroxylation is 1. The number of primary amides is 1. The van der Waals surface area contributed by atoms with Crippen LogP contribution >= 0.6 is 0 Å². The number of nitrogens with two attached hydrogens (primary N) is 1. The van der Waals surface area contributed by atoms with Crippen LogP contribution in [0, 0.1) is 12.8 Å². The monoisotopic (exact) mass is 634 g/mol. The van der Waals surface area contributed by atoms with Crippen molar-refractivity contribution >= 4 is 46.9 Å². The molecule has 0 bridgehead atoms. The number of carboxylic acids is 1. The summed E-state index contributed by atoms with van der Waals surface area (Å²) in [6.07, 6.45) is 2.07. The van der Waals surface area contributed by atoms with E-state index in [0.29, 0.717) is 12.1 Å². The van der Waals surface area contributed by atoms with Gasteiger partial charge in [-0.2, -0.15) is 0 Å². The molecule has 2 aromatic carbocycles. The van der Waals surface area contributed by atoms with Crippen molar-refractivity contribution in [2.75, 3.05) is 5.32 Å². The number of carbonyl (C=O) groups is 6. The molecule has 13 nitrogen and oxygen atoms in total. The third-order valence-electron chi connectivity index (χ3n) is 7.42. The maximum Gasteiger partial charge on any atom is 0.319 e. The second-order valence-corrected chi connectivity index (χ2v) is 11.8. The van der Waals surface area contributed by atoms with E-state index in [1.807, 2.05) is 63.2 Å². The maximum absolute atomic E-state index is 13.6. The lowest BCUT2D eigenvalue weighted by molar-refractivity contribution is -0.140. The van der Waals surface area contributed by atoms with Crippen LogP contribution in [0.15, 0.2) is 54.6 Å². The van der Waals surface area contributed by atoms with E-state index in [1.165, 1.54) is 6.92 Å². The first kappa shape index (κ1) is 35.3. The van der Waals surface area contributed by atoms with E-state index in [2.05, 4.69) is 26.6 Å². The van der Waals surface area contributed by atoms with E-state index < -0.39 is 66.2 Å². The Balaban J connectivity index is 1.75. The molecule has 246 valence electrons. The van der Waals surface area contributed by atoms with Crippen molar-refractivity contribution in [3.63, 3.8) is 0 Å². The minimum absolute atomic E-state index is 0.0344. The van der Waals surface area contributed by atoms with Gasteiger partial charge in [-0.3, -0.25) is 24.0 Å². The fraction of sp³-hybridized carbons (Fsp3) is 0.394. The lowest BCUT2D eigenvalue weighted by Gasteiger charge is -2.26. The molecule has 6 amide bonds. The van der Waals surface area contributed by atoms with Gasteiger partial charge in [0.25, 0.3) is 0 Å². The zero-order chi connectivity index (χ0) is 34.0. The summed E-state index contributed by atoms with van der Waals surface area (Å²) in [7, 11) is 0. The predicted molar refractivity (Wildman–Crippen MR) is 172 cm³/mol. The number of carbonyl (C=O) groups excluding carboxylic acids is 5. The molecule has 0 fully saturated rings. The SMILES string of the molecule is Cc1ccc(NC(=O)NC(C)C(=O)NC(CC(C)C)C(=O)NC(CC2=CCc3ccccc32)C(=O)NC(CC(=O)O)C(N)=O)cc1. The lowest BCUT2D eigenvalue weighted by Crippen LogP contribution is -2.58. The van der Waals surface area contributed by atoms with Crippen LogP contribution in [-0.4, -0.2) is 64.9 Å². The molecule has 2 aromatic rings. The third kappa shape index (κ3) is 10.5. The summed E-state index contributed by atoms with van der Waals surface area (Å²) in [4.78, 5) is 75.8. The number of aliphatic carboxylic acids is 1. The largest absolute Gasteiger partial charge is 0.481 e. The molecule has 1 aliphatic rings. The second kappa shape index (κ2) is 16.2. The average molecular weight is 635 g/mol. The van der Waals surface area contributed by atoms with Crippen molar-refractivity contribution in [1.29, 1.82) is 0 Å². The summed E-state index contributed by atoms with van der Waals surface area (Å²) in [5.74, 6) is -4.52. The zero-order valence-corrected chi connectivity index (χ0v) is 26.4.